The van der Waals surface area contributed by atoms with Gasteiger partial charge in [-0.05, 0) is 13.0 Å². The first-order chi connectivity index (χ1) is 9.49. The van der Waals surface area contributed by atoms with Crippen LogP contribution in [0.25, 0.3) is 0 Å². The van der Waals surface area contributed by atoms with Crippen LogP contribution in [0.1, 0.15) is 17.1 Å². The molecular formula is C14H19N3O2S. The minimum absolute atomic E-state index is 0.0553. The summed E-state index contributed by atoms with van der Waals surface area (Å²) in [5.41, 5.74) is 0.989. The van der Waals surface area contributed by atoms with Crippen molar-refractivity contribution in [3.05, 3.63) is 28.7 Å². The number of aromatic nitrogens is 1. The Morgan fingerprint density at radius 2 is 2.30 bits per heavy atom. The van der Waals surface area contributed by atoms with Gasteiger partial charge in [-0.25, -0.2) is 4.98 Å². The highest BCUT2D eigenvalue weighted by Gasteiger charge is 2.31. The van der Waals surface area contributed by atoms with Crippen LogP contribution in [0.5, 0.6) is 0 Å². The Morgan fingerprint density at radius 3 is 2.85 bits per heavy atom. The molecule has 1 saturated heterocycles. The predicted octanol–water partition coefficient (Wildman–Crippen LogP) is 1.44. The fourth-order valence-electron chi connectivity index (χ4n) is 2.18. The lowest BCUT2D eigenvalue weighted by Gasteiger charge is -2.38. The SMILES string of the molecule is C=CC(=O)N1CC(CC(=O)N(C)Cc2nc(C)cs2)C1. The van der Waals surface area contributed by atoms with E-state index in [-0.39, 0.29) is 17.7 Å². The van der Waals surface area contributed by atoms with Crippen molar-refractivity contribution in [2.45, 2.75) is 19.9 Å². The van der Waals surface area contributed by atoms with Crippen LogP contribution in [0.4, 0.5) is 0 Å². The average molecular weight is 293 g/mol. The van der Waals surface area contributed by atoms with E-state index in [0.29, 0.717) is 26.1 Å². The zero-order valence-corrected chi connectivity index (χ0v) is 12.7. The maximum atomic E-state index is 12.1. The van der Waals surface area contributed by atoms with Crippen LogP contribution in [0.15, 0.2) is 18.0 Å². The number of hydrogen-bond acceptors (Lipinski definition) is 4. The Hall–Kier alpha value is -1.69. The van der Waals surface area contributed by atoms with E-state index in [4.69, 9.17) is 0 Å². The number of carbonyl (C=O) groups excluding carboxylic acids is 2. The van der Waals surface area contributed by atoms with Crippen molar-refractivity contribution in [3.8, 4) is 0 Å². The first kappa shape index (κ1) is 14.7. The van der Waals surface area contributed by atoms with Crippen LogP contribution < -0.4 is 0 Å². The third-order valence-electron chi connectivity index (χ3n) is 3.37. The largest absolute Gasteiger partial charge is 0.339 e. The van der Waals surface area contributed by atoms with Gasteiger partial charge in [0.15, 0.2) is 0 Å². The summed E-state index contributed by atoms with van der Waals surface area (Å²) in [5, 5.41) is 2.94. The second-order valence-electron chi connectivity index (χ2n) is 5.15. The number of thiazole rings is 1. The molecule has 0 N–H and O–H groups in total. The third kappa shape index (κ3) is 3.45. The van der Waals surface area contributed by atoms with Gasteiger partial charge >= 0.3 is 0 Å². The molecule has 1 fully saturated rings. The molecule has 1 aliphatic heterocycles. The quantitative estimate of drug-likeness (QED) is 0.772. The van der Waals surface area contributed by atoms with Gasteiger partial charge in [-0.3, -0.25) is 9.59 Å². The highest BCUT2D eigenvalue weighted by atomic mass is 32.1. The van der Waals surface area contributed by atoms with E-state index >= 15 is 0 Å². The molecule has 0 saturated carbocycles. The fourth-order valence-corrected chi connectivity index (χ4v) is 3.00. The Kier molecular flexibility index (Phi) is 4.54. The number of amides is 2. The Balaban J connectivity index is 1.75. The zero-order chi connectivity index (χ0) is 14.7. The van der Waals surface area contributed by atoms with E-state index in [1.54, 1.807) is 28.2 Å². The maximum Gasteiger partial charge on any atom is 0.245 e. The van der Waals surface area contributed by atoms with Crippen molar-refractivity contribution < 1.29 is 9.59 Å². The van der Waals surface area contributed by atoms with Crippen molar-refractivity contribution in [1.29, 1.82) is 0 Å². The molecule has 2 amide bonds. The van der Waals surface area contributed by atoms with E-state index in [9.17, 15) is 9.59 Å². The molecule has 2 rings (SSSR count). The van der Waals surface area contributed by atoms with Gasteiger partial charge in [0.25, 0.3) is 0 Å². The molecule has 108 valence electrons. The summed E-state index contributed by atoms with van der Waals surface area (Å²) in [6.07, 6.45) is 1.80. The molecule has 20 heavy (non-hydrogen) atoms. The van der Waals surface area contributed by atoms with Crippen molar-refractivity contribution in [1.82, 2.24) is 14.8 Å². The number of nitrogens with zero attached hydrogens (tertiary/aromatic N) is 3. The minimum atomic E-state index is -0.0553. The molecule has 0 aromatic carbocycles. The van der Waals surface area contributed by atoms with Crippen LogP contribution in [0.3, 0.4) is 0 Å². The summed E-state index contributed by atoms with van der Waals surface area (Å²) in [5.74, 6) is 0.320. The summed E-state index contributed by atoms with van der Waals surface area (Å²) in [6, 6.07) is 0. The van der Waals surface area contributed by atoms with Gasteiger partial charge in [0.2, 0.25) is 11.8 Å². The van der Waals surface area contributed by atoms with Crippen molar-refractivity contribution in [2.24, 2.45) is 5.92 Å². The van der Waals surface area contributed by atoms with Crippen LogP contribution >= 0.6 is 11.3 Å². The first-order valence-electron chi connectivity index (χ1n) is 6.56. The van der Waals surface area contributed by atoms with Crippen LogP contribution in [0, 0.1) is 12.8 Å². The Morgan fingerprint density at radius 1 is 1.60 bits per heavy atom. The molecule has 6 heteroatoms. The molecule has 0 aliphatic carbocycles. The molecule has 0 unspecified atom stereocenters. The van der Waals surface area contributed by atoms with E-state index < -0.39 is 0 Å². The monoisotopic (exact) mass is 293 g/mol. The van der Waals surface area contributed by atoms with Gasteiger partial charge in [0.1, 0.15) is 5.01 Å². The molecule has 0 atom stereocenters. The van der Waals surface area contributed by atoms with E-state index in [2.05, 4.69) is 11.6 Å². The minimum Gasteiger partial charge on any atom is -0.339 e. The van der Waals surface area contributed by atoms with Crippen LogP contribution in [-0.2, 0) is 16.1 Å². The fraction of sp³-hybridized carbons (Fsp3) is 0.500. The van der Waals surface area contributed by atoms with Crippen molar-refractivity contribution >= 4 is 23.2 Å². The van der Waals surface area contributed by atoms with Gasteiger partial charge < -0.3 is 9.80 Å². The van der Waals surface area contributed by atoms with E-state index in [0.717, 1.165) is 10.7 Å². The molecule has 0 spiro atoms. The third-order valence-corrected chi connectivity index (χ3v) is 4.32. The highest BCUT2D eigenvalue weighted by molar-refractivity contribution is 7.09. The van der Waals surface area contributed by atoms with Crippen molar-refractivity contribution in [2.75, 3.05) is 20.1 Å². The second-order valence-corrected chi connectivity index (χ2v) is 6.09. The van der Waals surface area contributed by atoms with E-state index in [1.165, 1.54) is 6.08 Å². The van der Waals surface area contributed by atoms with Gasteiger partial charge in [-0.1, -0.05) is 6.58 Å². The molecule has 1 aromatic heterocycles. The lowest BCUT2D eigenvalue weighted by molar-refractivity contribution is -0.138. The van der Waals surface area contributed by atoms with Gasteiger partial charge in [0.05, 0.1) is 6.54 Å². The van der Waals surface area contributed by atoms with E-state index in [1.807, 2.05) is 12.3 Å². The second kappa shape index (κ2) is 6.17. The Labute approximate surface area is 122 Å². The lowest BCUT2D eigenvalue weighted by Crippen LogP contribution is -2.50. The zero-order valence-electron chi connectivity index (χ0n) is 11.8. The molecule has 0 bridgehead atoms. The molecule has 2 heterocycles. The van der Waals surface area contributed by atoms with Gasteiger partial charge in [-0.2, -0.15) is 0 Å². The predicted molar refractivity (Wildman–Crippen MR) is 78.2 cm³/mol. The number of hydrogen-bond donors (Lipinski definition) is 0. The van der Waals surface area contributed by atoms with Crippen LogP contribution in [0.2, 0.25) is 0 Å². The summed E-state index contributed by atoms with van der Waals surface area (Å²) < 4.78 is 0. The van der Waals surface area contributed by atoms with Gasteiger partial charge in [0, 0.05) is 43.5 Å². The lowest BCUT2D eigenvalue weighted by atomic mass is 9.95. The molecule has 5 nitrogen and oxygen atoms in total. The standard InChI is InChI=1S/C14H19N3O2S/c1-4-13(18)17-6-11(7-17)5-14(19)16(3)8-12-15-10(2)9-20-12/h4,9,11H,1,5-8H2,2-3H3. The number of carbonyl (C=O) groups is 2. The van der Waals surface area contributed by atoms with Gasteiger partial charge in [-0.15, -0.1) is 11.3 Å². The smallest absolute Gasteiger partial charge is 0.245 e. The molecular weight excluding hydrogens is 274 g/mol. The highest BCUT2D eigenvalue weighted by Crippen LogP contribution is 2.21. The summed E-state index contributed by atoms with van der Waals surface area (Å²) in [7, 11) is 1.80. The summed E-state index contributed by atoms with van der Waals surface area (Å²) in [6.45, 7) is 7.26. The molecule has 1 aromatic rings. The summed E-state index contributed by atoms with van der Waals surface area (Å²) >= 11 is 1.57. The number of rotatable bonds is 5. The number of likely N-dealkylation sites (tertiary alicyclic amines) is 1. The summed E-state index contributed by atoms with van der Waals surface area (Å²) in [4.78, 5) is 31.2. The average Bonchev–Trinajstić information content (AvgIpc) is 2.77. The normalized spacial score (nSPS) is 14.8. The topological polar surface area (TPSA) is 53.5 Å². The maximum absolute atomic E-state index is 12.1. The molecule has 0 radical (unpaired) electrons. The first-order valence-corrected chi connectivity index (χ1v) is 7.44. The molecule has 1 aliphatic rings. The number of aryl methyl sites for hydroxylation is 1. The van der Waals surface area contributed by atoms with Crippen LogP contribution in [-0.4, -0.2) is 46.7 Å². The van der Waals surface area contributed by atoms with Crippen molar-refractivity contribution in [3.63, 3.8) is 0 Å². The Bertz CT molecular complexity index is 520.